The van der Waals surface area contributed by atoms with Crippen molar-refractivity contribution in [2.45, 2.75) is 13.0 Å². The minimum Gasteiger partial charge on any atom is -0.313 e. The van der Waals surface area contributed by atoms with E-state index in [0.717, 1.165) is 11.3 Å². The zero-order valence-electron chi connectivity index (χ0n) is 10.7. The van der Waals surface area contributed by atoms with Gasteiger partial charge in [-0.2, -0.15) is 0 Å². The quantitative estimate of drug-likeness (QED) is 0.802. The summed E-state index contributed by atoms with van der Waals surface area (Å²) in [6.07, 6.45) is 0. The lowest BCUT2D eigenvalue weighted by Gasteiger charge is -2.12. The number of aromatic nitrogens is 2. The fourth-order valence-corrected chi connectivity index (χ4v) is 1.98. The van der Waals surface area contributed by atoms with Crippen molar-refractivity contribution < 1.29 is 4.79 Å². The number of carbonyl (C=O) groups is 1. The van der Waals surface area contributed by atoms with Crippen molar-refractivity contribution in [3.8, 4) is 0 Å². The predicted octanol–water partition coefficient (Wildman–Crippen LogP) is 2.46. The highest BCUT2D eigenvalue weighted by molar-refractivity contribution is 7.13. The van der Waals surface area contributed by atoms with Gasteiger partial charge in [-0.15, -0.1) is 10.2 Å². The molecule has 2 amide bonds. The zero-order chi connectivity index (χ0) is 13.7. The smallest absolute Gasteiger partial charge is 0.313 e. The van der Waals surface area contributed by atoms with E-state index in [1.54, 1.807) is 5.51 Å². The summed E-state index contributed by atoms with van der Waals surface area (Å²) in [5, 5.41) is 16.4. The van der Waals surface area contributed by atoms with Crippen LogP contribution in [0.25, 0.3) is 0 Å². The highest BCUT2D eigenvalue weighted by atomic mass is 32.1. The molecule has 2 aromatic rings. The highest BCUT2D eigenvalue weighted by Gasteiger charge is 2.07. The molecular weight excluding hydrogens is 262 g/mol. The van der Waals surface area contributed by atoms with E-state index in [4.69, 9.17) is 0 Å². The maximum absolute atomic E-state index is 11.7. The minimum atomic E-state index is -0.328. The molecule has 6 nitrogen and oxygen atoms in total. The van der Waals surface area contributed by atoms with Crippen molar-refractivity contribution in [2.75, 3.05) is 17.7 Å². The molecule has 100 valence electrons. The standard InChI is InChI=1S/C12H15N5OS/c1-8(13-2)9-4-3-5-10(6-9)15-11(18)16-12-17-14-7-19-12/h3-8,13H,1-2H3,(H2,15,16,17,18). The number of benzene rings is 1. The maximum Gasteiger partial charge on any atom is 0.325 e. The van der Waals surface area contributed by atoms with Gasteiger partial charge in [0, 0.05) is 11.7 Å². The van der Waals surface area contributed by atoms with E-state index < -0.39 is 0 Å². The molecule has 0 aliphatic carbocycles. The molecule has 0 aliphatic rings. The van der Waals surface area contributed by atoms with Gasteiger partial charge in [-0.25, -0.2) is 4.79 Å². The van der Waals surface area contributed by atoms with Crippen LogP contribution in [0.1, 0.15) is 18.5 Å². The van der Waals surface area contributed by atoms with Gasteiger partial charge in [0.05, 0.1) is 0 Å². The normalized spacial score (nSPS) is 11.9. The van der Waals surface area contributed by atoms with Crippen molar-refractivity contribution in [3.63, 3.8) is 0 Å². The average molecular weight is 277 g/mol. The van der Waals surface area contributed by atoms with E-state index >= 15 is 0 Å². The molecule has 0 saturated heterocycles. The molecule has 1 heterocycles. The monoisotopic (exact) mass is 277 g/mol. The van der Waals surface area contributed by atoms with Gasteiger partial charge >= 0.3 is 6.03 Å². The third kappa shape index (κ3) is 3.73. The van der Waals surface area contributed by atoms with Gasteiger partial charge in [0.25, 0.3) is 0 Å². The summed E-state index contributed by atoms with van der Waals surface area (Å²) in [5.74, 6) is 0. The van der Waals surface area contributed by atoms with Crippen LogP contribution in [0.2, 0.25) is 0 Å². The van der Waals surface area contributed by atoms with Crippen LogP contribution in [0.15, 0.2) is 29.8 Å². The largest absolute Gasteiger partial charge is 0.325 e. The summed E-state index contributed by atoms with van der Waals surface area (Å²) in [5.41, 5.74) is 3.41. The van der Waals surface area contributed by atoms with E-state index in [1.165, 1.54) is 11.3 Å². The van der Waals surface area contributed by atoms with Gasteiger partial charge in [-0.3, -0.25) is 5.32 Å². The van der Waals surface area contributed by atoms with Gasteiger partial charge in [0.15, 0.2) is 0 Å². The van der Waals surface area contributed by atoms with E-state index in [1.807, 2.05) is 31.3 Å². The lowest BCUT2D eigenvalue weighted by atomic mass is 10.1. The van der Waals surface area contributed by atoms with Crippen LogP contribution in [-0.4, -0.2) is 23.3 Å². The molecule has 2 rings (SSSR count). The van der Waals surface area contributed by atoms with Crippen LogP contribution in [0.4, 0.5) is 15.6 Å². The Kier molecular flexibility index (Phi) is 4.43. The van der Waals surface area contributed by atoms with Crippen LogP contribution in [0.5, 0.6) is 0 Å². The number of nitrogens with one attached hydrogen (secondary N) is 3. The van der Waals surface area contributed by atoms with E-state index in [2.05, 4.69) is 33.1 Å². The third-order valence-electron chi connectivity index (χ3n) is 2.66. The highest BCUT2D eigenvalue weighted by Crippen LogP contribution is 2.17. The average Bonchev–Trinajstić information content (AvgIpc) is 2.90. The molecule has 1 unspecified atom stereocenters. The number of nitrogens with zero attached hydrogens (tertiary/aromatic N) is 2. The molecule has 1 atom stereocenters. The van der Waals surface area contributed by atoms with Gasteiger partial charge in [0.2, 0.25) is 5.13 Å². The Balaban J connectivity index is 2.00. The van der Waals surface area contributed by atoms with E-state index in [9.17, 15) is 4.79 Å². The predicted molar refractivity (Wildman–Crippen MR) is 76.5 cm³/mol. The molecule has 1 aromatic heterocycles. The van der Waals surface area contributed by atoms with Crippen molar-refractivity contribution in [3.05, 3.63) is 35.3 Å². The van der Waals surface area contributed by atoms with Gasteiger partial charge in [0.1, 0.15) is 5.51 Å². The molecular formula is C12H15N5OS. The summed E-state index contributed by atoms with van der Waals surface area (Å²) >= 11 is 1.27. The number of amides is 2. The SMILES string of the molecule is CNC(C)c1cccc(NC(=O)Nc2nncs2)c1. The van der Waals surface area contributed by atoms with Gasteiger partial charge in [-0.05, 0) is 31.7 Å². The van der Waals surface area contributed by atoms with Crippen LogP contribution < -0.4 is 16.0 Å². The Labute approximate surface area is 115 Å². The first-order valence-corrected chi connectivity index (χ1v) is 6.68. The summed E-state index contributed by atoms with van der Waals surface area (Å²) in [6.45, 7) is 2.06. The number of anilines is 2. The zero-order valence-corrected chi connectivity index (χ0v) is 11.5. The van der Waals surface area contributed by atoms with Crippen LogP contribution >= 0.6 is 11.3 Å². The summed E-state index contributed by atoms with van der Waals surface area (Å²) in [4.78, 5) is 11.7. The van der Waals surface area contributed by atoms with Gasteiger partial charge < -0.3 is 10.6 Å². The Hall–Kier alpha value is -1.99. The Morgan fingerprint density at radius 3 is 2.89 bits per heavy atom. The van der Waals surface area contributed by atoms with E-state index in [0.29, 0.717) is 5.13 Å². The van der Waals surface area contributed by atoms with E-state index in [-0.39, 0.29) is 12.1 Å². The van der Waals surface area contributed by atoms with Crippen LogP contribution in [0.3, 0.4) is 0 Å². The molecule has 1 aromatic carbocycles. The Bertz CT molecular complexity index is 543. The second-order valence-corrected chi connectivity index (χ2v) is 4.79. The van der Waals surface area contributed by atoms with Crippen molar-refractivity contribution in [1.82, 2.24) is 15.5 Å². The van der Waals surface area contributed by atoms with Crippen LogP contribution in [0, 0.1) is 0 Å². The maximum atomic E-state index is 11.7. The van der Waals surface area contributed by atoms with Gasteiger partial charge in [-0.1, -0.05) is 23.5 Å². The topological polar surface area (TPSA) is 78.9 Å². The number of urea groups is 1. The summed E-state index contributed by atoms with van der Waals surface area (Å²) < 4.78 is 0. The fourth-order valence-electron chi connectivity index (χ4n) is 1.54. The Morgan fingerprint density at radius 1 is 1.37 bits per heavy atom. The fraction of sp³-hybridized carbons (Fsp3) is 0.250. The lowest BCUT2D eigenvalue weighted by molar-refractivity contribution is 0.262. The number of hydrogen-bond donors (Lipinski definition) is 3. The number of rotatable bonds is 4. The van der Waals surface area contributed by atoms with Crippen molar-refractivity contribution >= 4 is 28.2 Å². The first-order valence-electron chi connectivity index (χ1n) is 5.80. The number of carbonyl (C=O) groups excluding carboxylic acids is 1. The molecule has 0 saturated carbocycles. The van der Waals surface area contributed by atoms with Crippen molar-refractivity contribution in [2.24, 2.45) is 0 Å². The molecule has 0 spiro atoms. The second-order valence-electron chi connectivity index (χ2n) is 3.96. The molecule has 3 N–H and O–H groups in total. The Morgan fingerprint density at radius 2 is 2.21 bits per heavy atom. The molecule has 0 aliphatic heterocycles. The van der Waals surface area contributed by atoms with Crippen LogP contribution in [-0.2, 0) is 0 Å². The van der Waals surface area contributed by atoms with Crippen molar-refractivity contribution in [1.29, 1.82) is 0 Å². The molecule has 0 radical (unpaired) electrons. The minimum absolute atomic E-state index is 0.230. The first kappa shape index (κ1) is 13.4. The lowest BCUT2D eigenvalue weighted by Crippen LogP contribution is -2.19. The summed E-state index contributed by atoms with van der Waals surface area (Å²) in [6, 6.07) is 7.59. The number of hydrogen-bond acceptors (Lipinski definition) is 5. The molecule has 0 bridgehead atoms. The molecule has 7 heteroatoms. The molecule has 0 fully saturated rings. The third-order valence-corrected chi connectivity index (χ3v) is 3.26. The second kappa shape index (κ2) is 6.26. The first-order chi connectivity index (χ1) is 9.19. The summed E-state index contributed by atoms with van der Waals surface area (Å²) in [7, 11) is 1.90. The molecule has 19 heavy (non-hydrogen) atoms.